The number of nitrogens with one attached hydrogen (secondary N) is 1. The molecule has 0 spiro atoms. The molecule has 1 aromatic heterocycles. The third-order valence-electron chi connectivity index (χ3n) is 4.46. The number of hydrogen-bond donors (Lipinski definition) is 1. The summed E-state index contributed by atoms with van der Waals surface area (Å²) < 4.78 is 0. The van der Waals surface area contributed by atoms with Crippen LogP contribution in [0, 0.1) is 0 Å². The second-order valence-corrected chi connectivity index (χ2v) is 6.58. The summed E-state index contributed by atoms with van der Waals surface area (Å²) in [5.74, 6) is -0.632. The fourth-order valence-corrected chi connectivity index (χ4v) is 3.30. The van der Waals surface area contributed by atoms with Gasteiger partial charge in [0.25, 0.3) is 11.8 Å². The van der Waals surface area contributed by atoms with Gasteiger partial charge in [-0.2, -0.15) is 0 Å². The summed E-state index contributed by atoms with van der Waals surface area (Å²) >= 11 is 6.08. The van der Waals surface area contributed by atoms with Crippen molar-refractivity contribution in [2.75, 3.05) is 16.8 Å². The molecule has 3 aromatic rings. The molecule has 6 heteroatoms. The Bertz CT molecular complexity index is 1040. The molecule has 0 unspecified atom stereocenters. The molecule has 4 rings (SSSR count). The fourth-order valence-electron chi connectivity index (χ4n) is 3.12. The van der Waals surface area contributed by atoms with Gasteiger partial charge in [-0.05, 0) is 42.3 Å². The van der Waals surface area contributed by atoms with Crippen LogP contribution in [0.4, 0.5) is 11.4 Å². The molecule has 2 aromatic carbocycles. The highest BCUT2D eigenvalue weighted by Gasteiger charge is 2.26. The second-order valence-electron chi connectivity index (χ2n) is 6.18. The van der Waals surface area contributed by atoms with Crippen LogP contribution < -0.4 is 10.2 Å². The number of anilines is 2. The summed E-state index contributed by atoms with van der Waals surface area (Å²) in [7, 11) is 0. The highest BCUT2D eigenvalue weighted by molar-refractivity contribution is 6.33. The third kappa shape index (κ3) is 3.41. The molecule has 0 bridgehead atoms. The summed E-state index contributed by atoms with van der Waals surface area (Å²) in [5.41, 5.74) is 2.93. The number of nitrogens with zero attached hydrogens (tertiary/aromatic N) is 2. The number of benzene rings is 2. The van der Waals surface area contributed by atoms with Gasteiger partial charge in [-0.25, -0.2) is 4.98 Å². The maximum atomic E-state index is 12.9. The van der Waals surface area contributed by atoms with Crippen LogP contribution in [0.3, 0.4) is 0 Å². The van der Waals surface area contributed by atoms with Gasteiger partial charge in [0.05, 0.1) is 10.7 Å². The molecular weight excluding hydrogens is 362 g/mol. The van der Waals surface area contributed by atoms with Crippen LogP contribution in [0.5, 0.6) is 0 Å². The molecule has 27 heavy (non-hydrogen) atoms. The van der Waals surface area contributed by atoms with Gasteiger partial charge in [-0.15, -0.1) is 0 Å². The lowest BCUT2D eigenvalue weighted by Gasteiger charge is -2.17. The van der Waals surface area contributed by atoms with Crippen molar-refractivity contribution < 1.29 is 9.59 Å². The maximum absolute atomic E-state index is 12.9. The van der Waals surface area contributed by atoms with Crippen LogP contribution in [-0.2, 0) is 6.42 Å². The van der Waals surface area contributed by atoms with Crippen LogP contribution in [0.1, 0.15) is 26.5 Å². The Balaban J connectivity index is 1.57. The number of fused-ring (bicyclic) bond motifs is 1. The van der Waals surface area contributed by atoms with Crippen molar-refractivity contribution in [3.05, 3.63) is 88.7 Å². The molecule has 2 heterocycles. The van der Waals surface area contributed by atoms with E-state index in [9.17, 15) is 9.59 Å². The number of hydrogen-bond acceptors (Lipinski definition) is 3. The molecule has 2 amide bonds. The number of aromatic nitrogens is 1. The largest absolute Gasteiger partial charge is 0.319 e. The first-order valence-corrected chi connectivity index (χ1v) is 8.94. The normalized spacial score (nSPS) is 12.6. The first kappa shape index (κ1) is 17.2. The van der Waals surface area contributed by atoms with Crippen molar-refractivity contribution in [3.8, 4) is 0 Å². The van der Waals surface area contributed by atoms with Crippen molar-refractivity contribution in [1.29, 1.82) is 0 Å². The standard InChI is InChI=1S/C21H16ClN3O2/c22-15-7-2-3-8-16(15)24-20(26)17-9-5-10-18(23-17)21(27)25-13-12-14-6-1-4-11-19(14)25/h1-11H,12-13H2,(H,24,26). The van der Waals surface area contributed by atoms with Crippen LogP contribution >= 0.6 is 11.6 Å². The lowest BCUT2D eigenvalue weighted by atomic mass is 10.2. The first-order valence-electron chi connectivity index (χ1n) is 8.56. The van der Waals surface area contributed by atoms with Crippen molar-refractivity contribution in [2.24, 2.45) is 0 Å². The van der Waals surface area contributed by atoms with E-state index >= 15 is 0 Å². The maximum Gasteiger partial charge on any atom is 0.276 e. The van der Waals surface area contributed by atoms with E-state index in [2.05, 4.69) is 10.3 Å². The molecular formula is C21H16ClN3O2. The van der Waals surface area contributed by atoms with E-state index in [1.165, 1.54) is 0 Å². The fraction of sp³-hybridized carbons (Fsp3) is 0.0952. The number of pyridine rings is 1. The Hall–Kier alpha value is -3.18. The molecule has 0 fully saturated rings. The zero-order valence-electron chi connectivity index (χ0n) is 14.4. The Morgan fingerprint density at radius 3 is 2.52 bits per heavy atom. The van der Waals surface area contributed by atoms with E-state index < -0.39 is 5.91 Å². The van der Waals surface area contributed by atoms with Crippen molar-refractivity contribution in [1.82, 2.24) is 4.98 Å². The lowest BCUT2D eigenvalue weighted by molar-refractivity contribution is 0.0984. The lowest BCUT2D eigenvalue weighted by Crippen LogP contribution is -2.30. The highest BCUT2D eigenvalue weighted by Crippen LogP contribution is 2.28. The van der Waals surface area contributed by atoms with Crippen LogP contribution in [0.25, 0.3) is 0 Å². The van der Waals surface area contributed by atoms with Gasteiger partial charge in [-0.1, -0.05) is 48.0 Å². The van der Waals surface area contributed by atoms with Crippen molar-refractivity contribution >= 4 is 34.8 Å². The molecule has 5 nitrogen and oxygen atoms in total. The average Bonchev–Trinajstić information content (AvgIpc) is 3.13. The molecule has 1 N–H and O–H groups in total. The number of para-hydroxylation sites is 2. The van der Waals surface area contributed by atoms with Gasteiger partial charge in [0.15, 0.2) is 0 Å². The third-order valence-corrected chi connectivity index (χ3v) is 4.78. The molecule has 0 atom stereocenters. The van der Waals surface area contributed by atoms with E-state index in [-0.39, 0.29) is 17.3 Å². The quantitative estimate of drug-likeness (QED) is 0.744. The topological polar surface area (TPSA) is 62.3 Å². The Labute approximate surface area is 161 Å². The zero-order chi connectivity index (χ0) is 18.8. The molecule has 134 valence electrons. The average molecular weight is 378 g/mol. The number of halogens is 1. The number of rotatable bonds is 3. The summed E-state index contributed by atoms with van der Waals surface area (Å²) in [6, 6.07) is 19.6. The summed E-state index contributed by atoms with van der Waals surface area (Å²) in [6.07, 6.45) is 0.814. The zero-order valence-corrected chi connectivity index (χ0v) is 15.1. The molecule has 0 saturated heterocycles. The molecule has 0 radical (unpaired) electrons. The highest BCUT2D eigenvalue weighted by atomic mass is 35.5. The van der Waals surface area contributed by atoms with Crippen LogP contribution in [0.15, 0.2) is 66.7 Å². The van der Waals surface area contributed by atoms with Gasteiger partial charge in [-0.3, -0.25) is 9.59 Å². The van der Waals surface area contributed by atoms with E-state index in [1.54, 1.807) is 47.4 Å². The Kier molecular flexibility index (Phi) is 4.60. The van der Waals surface area contributed by atoms with E-state index in [0.717, 1.165) is 17.7 Å². The predicted molar refractivity (Wildman–Crippen MR) is 105 cm³/mol. The minimum atomic E-state index is -0.417. The van der Waals surface area contributed by atoms with Gasteiger partial charge >= 0.3 is 0 Å². The van der Waals surface area contributed by atoms with Crippen LogP contribution in [-0.4, -0.2) is 23.3 Å². The second kappa shape index (κ2) is 7.21. The van der Waals surface area contributed by atoms with Gasteiger partial charge in [0.2, 0.25) is 0 Å². The molecule has 0 aliphatic carbocycles. The monoisotopic (exact) mass is 377 g/mol. The molecule has 0 saturated carbocycles. The minimum Gasteiger partial charge on any atom is -0.319 e. The molecule has 1 aliphatic rings. The Morgan fingerprint density at radius 1 is 0.926 bits per heavy atom. The van der Waals surface area contributed by atoms with Gasteiger partial charge < -0.3 is 10.2 Å². The smallest absolute Gasteiger partial charge is 0.276 e. The summed E-state index contributed by atoms with van der Waals surface area (Å²) in [6.45, 7) is 0.607. The number of amides is 2. The van der Waals surface area contributed by atoms with Crippen LogP contribution in [0.2, 0.25) is 5.02 Å². The van der Waals surface area contributed by atoms with Gasteiger partial charge in [0, 0.05) is 12.2 Å². The number of carbonyl (C=O) groups excluding carboxylic acids is 2. The first-order chi connectivity index (χ1) is 13.1. The minimum absolute atomic E-state index is 0.160. The van der Waals surface area contributed by atoms with Gasteiger partial charge in [0.1, 0.15) is 11.4 Å². The molecule has 1 aliphatic heterocycles. The van der Waals surface area contributed by atoms with E-state index in [0.29, 0.717) is 17.3 Å². The predicted octanol–water partition coefficient (Wildman–Crippen LogP) is 4.19. The SMILES string of the molecule is O=C(Nc1ccccc1Cl)c1cccc(C(=O)N2CCc3ccccc32)n1. The van der Waals surface area contributed by atoms with E-state index in [1.807, 2.05) is 24.3 Å². The van der Waals surface area contributed by atoms with Crippen molar-refractivity contribution in [3.63, 3.8) is 0 Å². The summed E-state index contributed by atoms with van der Waals surface area (Å²) in [5, 5.41) is 3.16. The Morgan fingerprint density at radius 2 is 1.67 bits per heavy atom. The van der Waals surface area contributed by atoms with Crippen molar-refractivity contribution in [2.45, 2.75) is 6.42 Å². The van der Waals surface area contributed by atoms with E-state index in [4.69, 9.17) is 11.6 Å². The summed E-state index contributed by atoms with van der Waals surface area (Å²) in [4.78, 5) is 31.4. The number of carbonyl (C=O) groups is 2.